The summed E-state index contributed by atoms with van der Waals surface area (Å²) in [5.41, 5.74) is 1.75. The number of rotatable bonds is 4. The first-order chi connectivity index (χ1) is 10.2. The van der Waals surface area contributed by atoms with Crippen LogP contribution in [0, 0.1) is 12.3 Å². The molecule has 0 spiro atoms. The predicted octanol–water partition coefficient (Wildman–Crippen LogP) is 4.05. The molecule has 1 atom stereocenters. The maximum absolute atomic E-state index is 11.8. The lowest BCUT2D eigenvalue weighted by molar-refractivity contribution is 0.138. The second-order valence-electron chi connectivity index (χ2n) is 4.36. The lowest BCUT2D eigenvalue weighted by Gasteiger charge is -2.14. The summed E-state index contributed by atoms with van der Waals surface area (Å²) in [4.78, 5) is 11.8. The molecule has 0 heterocycles. The van der Waals surface area contributed by atoms with Crippen molar-refractivity contribution >= 4 is 22.0 Å². The number of halogens is 1. The summed E-state index contributed by atoms with van der Waals surface area (Å²) in [7, 11) is 0. The third-order valence-corrected chi connectivity index (χ3v) is 3.32. The zero-order chi connectivity index (χ0) is 15.1. The van der Waals surface area contributed by atoms with Gasteiger partial charge in [0.2, 0.25) is 0 Å². The number of hydrogen-bond donors (Lipinski definition) is 1. The van der Waals surface area contributed by atoms with E-state index in [1.807, 2.05) is 54.6 Å². The summed E-state index contributed by atoms with van der Waals surface area (Å²) < 4.78 is 6.06. The Hall–Kier alpha value is -2.25. The highest BCUT2D eigenvalue weighted by atomic mass is 79.9. The third kappa shape index (κ3) is 4.66. The van der Waals surface area contributed by atoms with Crippen LogP contribution >= 0.6 is 15.9 Å². The number of nitrogens with one attached hydrogen (secondary N) is 1. The maximum Gasteiger partial charge on any atom is 0.408 e. The van der Waals surface area contributed by atoms with Crippen LogP contribution in [0.15, 0.2) is 59.1 Å². The Kier molecular flexibility index (Phi) is 5.42. The van der Waals surface area contributed by atoms with E-state index in [2.05, 4.69) is 27.2 Å². The van der Waals surface area contributed by atoms with Crippen LogP contribution < -0.4 is 5.32 Å². The SMILES string of the molecule is C#CC(NC(=O)OCc1ccccc1)c1cccc(Br)c1. The molecule has 0 radical (unpaired) electrons. The first-order valence-electron chi connectivity index (χ1n) is 6.38. The van der Waals surface area contributed by atoms with Gasteiger partial charge in [-0.2, -0.15) is 0 Å². The topological polar surface area (TPSA) is 38.3 Å². The van der Waals surface area contributed by atoms with Gasteiger partial charge >= 0.3 is 6.09 Å². The Balaban J connectivity index is 1.93. The van der Waals surface area contributed by atoms with Crippen molar-refractivity contribution in [1.29, 1.82) is 0 Å². The number of carbonyl (C=O) groups is 1. The van der Waals surface area contributed by atoms with Crippen LogP contribution in [0.3, 0.4) is 0 Å². The van der Waals surface area contributed by atoms with Gasteiger partial charge in [0.1, 0.15) is 12.6 Å². The van der Waals surface area contributed by atoms with Crippen molar-refractivity contribution in [3.8, 4) is 12.3 Å². The standard InChI is InChI=1S/C17H14BrNO2/c1-2-16(14-9-6-10-15(18)11-14)19-17(20)21-12-13-7-4-3-5-8-13/h1,3-11,16H,12H2,(H,19,20). The van der Waals surface area contributed by atoms with Gasteiger partial charge in [0.15, 0.2) is 0 Å². The van der Waals surface area contributed by atoms with Crippen LogP contribution in [0.1, 0.15) is 17.2 Å². The normalized spacial score (nSPS) is 11.2. The molecule has 2 rings (SSSR count). The van der Waals surface area contributed by atoms with Gasteiger partial charge in [0.25, 0.3) is 0 Å². The quantitative estimate of drug-likeness (QED) is 0.850. The van der Waals surface area contributed by atoms with Crippen molar-refractivity contribution < 1.29 is 9.53 Å². The molecule has 3 nitrogen and oxygen atoms in total. The van der Waals surface area contributed by atoms with E-state index in [1.165, 1.54) is 0 Å². The van der Waals surface area contributed by atoms with Gasteiger partial charge in [0, 0.05) is 4.47 Å². The minimum atomic E-state index is -0.540. The Labute approximate surface area is 132 Å². The highest BCUT2D eigenvalue weighted by molar-refractivity contribution is 9.10. The summed E-state index contributed by atoms with van der Waals surface area (Å²) in [6.07, 6.45) is 4.93. The lowest BCUT2D eigenvalue weighted by Crippen LogP contribution is -2.28. The number of terminal acetylenes is 1. The highest BCUT2D eigenvalue weighted by Gasteiger charge is 2.13. The van der Waals surface area contributed by atoms with Crippen molar-refractivity contribution in [2.24, 2.45) is 0 Å². The molecule has 2 aromatic carbocycles. The number of amides is 1. The van der Waals surface area contributed by atoms with Crippen LogP contribution in [0.2, 0.25) is 0 Å². The van der Waals surface area contributed by atoms with Crippen LogP contribution in [-0.2, 0) is 11.3 Å². The molecule has 2 aromatic rings. The number of carbonyl (C=O) groups excluding carboxylic acids is 1. The molecule has 1 unspecified atom stereocenters. The van der Waals surface area contributed by atoms with Crippen molar-refractivity contribution in [3.05, 3.63) is 70.2 Å². The zero-order valence-corrected chi connectivity index (χ0v) is 12.8. The third-order valence-electron chi connectivity index (χ3n) is 2.82. The molecule has 0 fully saturated rings. The Morgan fingerprint density at radius 1 is 1.24 bits per heavy atom. The largest absolute Gasteiger partial charge is 0.445 e. The van der Waals surface area contributed by atoms with Gasteiger partial charge in [-0.3, -0.25) is 0 Å². The Bertz CT molecular complexity index is 649. The van der Waals surface area contributed by atoms with Gasteiger partial charge in [-0.1, -0.05) is 64.3 Å². The van der Waals surface area contributed by atoms with Crippen LogP contribution in [0.4, 0.5) is 4.79 Å². The minimum absolute atomic E-state index is 0.211. The molecule has 1 N–H and O–H groups in total. The first kappa shape index (κ1) is 15.1. The smallest absolute Gasteiger partial charge is 0.408 e. The van der Waals surface area contributed by atoms with Crippen molar-refractivity contribution in [1.82, 2.24) is 5.32 Å². The van der Waals surface area contributed by atoms with Crippen LogP contribution in [0.5, 0.6) is 0 Å². The molecule has 0 saturated carbocycles. The molecule has 1 amide bonds. The summed E-state index contributed by atoms with van der Waals surface area (Å²) >= 11 is 3.37. The van der Waals surface area contributed by atoms with E-state index < -0.39 is 12.1 Å². The van der Waals surface area contributed by atoms with Gasteiger partial charge in [0.05, 0.1) is 0 Å². The molecule has 0 aliphatic rings. The molecule has 0 aliphatic heterocycles. The van der Waals surface area contributed by atoms with E-state index in [0.29, 0.717) is 0 Å². The molecule has 0 aromatic heterocycles. The predicted molar refractivity (Wildman–Crippen MR) is 85.5 cm³/mol. The van der Waals surface area contributed by atoms with Crippen LogP contribution in [-0.4, -0.2) is 6.09 Å². The average molecular weight is 344 g/mol. The van der Waals surface area contributed by atoms with Gasteiger partial charge in [-0.05, 0) is 23.3 Å². The highest BCUT2D eigenvalue weighted by Crippen LogP contribution is 2.18. The van der Waals surface area contributed by atoms with Crippen molar-refractivity contribution in [2.45, 2.75) is 12.6 Å². The minimum Gasteiger partial charge on any atom is -0.445 e. The van der Waals surface area contributed by atoms with Crippen LogP contribution in [0.25, 0.3) is 0 Å². The number of alkyl carbamates (subject to hydrolysis) is 1. The fourth-order valence-corrected chi connectivity index (χ4v) is 2.21. The summed E-state index contributed by atoms with van der Waals surface area (Å²) in [5, 5.41) is 2.66. The number of hydrogen-bond acceptors (Lipinski definition) is 2. The first-order valence-corrected chi connectivity index (χ1v) is 7.17. The summed E-state index contributed by atoms with van der Waals surface area (Å²) in [6, 6.07) is 16.4. The van der Waals surface area contributed by atoms with E-state index >= 15 is 0 Å². The van der Waals surface area contributed by atoms with Gasteiger partial charge < -0.3 is 10.1 Å². The van der Waals surface area contributed by atoms with Crippen molar-refractivity contribution in [3.63, 3.8) is 0 Å². The molecular weight excluding hydrogens is 330 g/mol. The van der Waals surface area contributed by atoms with E-state index in [1.54, 1.807) is 0 Å². The van der Waals surface area contributed by atoms with Gasteiger partial charge in [-0.25, -0.2) is 4.79 Å². The van der Waals surface area contributed by atoms with E-state index in [-0.39, 0.29) is 6.61 Å². The Morgan fingerprint density at radius 2 is 2.00 bits per heavy atom. The molecule has 0 aliphatic carbocycles. The summed E-state index contributed by atoms with van der Waals surface area (Å²) in [6.45, 7) is 0.211. The number of ether oxygens (including phenoxy) is 1. The lowest BCUT2D eigenvalue weighted by atomic mass is 10.1. The second kappa shape index (κ2) is 7.51. The fourth-order valence-electron chi connectivity index (χ4n) is 1.79. The summed E-state index contributed by atoms with van der Waals surface area (Å²) in [5.74, 6) is 2.54. The molecule has 4 heteroatoms. The molecule has 106 valence electrons. The van der Waals surface area contributed by atoms with Crippen molar-refractivity contribution in [2.75, 3.05) is 0 Å². The maximum atomic E-state index is 11.8. The Morgan fingerprint density at radius 3 is 2.67 bits per heavy atom. The zero-order valence-electron chi connectivity index (χ0n) is 11.3. The molecule has 0 bridgehead atoms. The van der Waals surface area contributed by atoms with E-state index in [0.717, 1.165) is 15.6 Å². The van der Waals surface area contributed by atoms with E-state index in [4.69, 9.17) is 11.2 Å². The van der Waals surface area contributed by atoms with E-state index in [9.17, 15) is 4.79 Å². The molecular formula is C17H14BrNO2. The monoisotopic (exact) mass is 343 g/mol. The van der Waals surface area contributed by atoms with Gasteiger partial charge in [-0.15, -0.1) is 6.42 Å². The second-order valence-corrected chi connectivity index (χ2v) is 5.28. The number of benzene rings is 2. The molecule has 21 heavy (non-hydrogen) atoms. The fraction of sp³-hybridized carbons (Fsp3) is 0.118. The average Bonchev–Trinajstić information content (AvgIpc) is 2.51. The molecule has 0 saturated heterocycles.